The number of benzene rings is 1. The van der Waals surface area contributed by atoms with E-state index in [1.54, 1.807) is 11.8 Å². The minimum absolute atomic E-state index is 0.121. The predicted molar refractivity (Wildman–Crippen MR) is 83.4 cm³/mol. The molecule has 2 rings (SSSR count). The zero-order valence-corrected chi connectivity index (χ0v) is 13.2. The van der Waals surface area contributed by atoms with Crippen LogP contribution in [0.5, 0.6) is 0 Å². The van der Waals surface area contributed by atoms with Gasteiger partial charge in [-0.2, -0.15) is 0 Å². The van der Waals surface area contributed by atoms with Crippen molar-refractivity contribution in [2.75, 3.05) is 11.1 Å². The summed E-state index contributed by atoms with van der Waals surface area (Å²) in [4.78, 5) is 12.8. The van der Waals surface area contributed by atoms with E-state index in [-0.39, 0.29) is 17.8 Å². The number of thioether (sulfide) groups is 1. The molecule has 0 unspecified atom stereocenters. The minimum Gasteiger partial charge on any atom is -0.407 e. The first kappa shape index (κ1) is 15.6. The molecule has 0 radical (unpaired) electrons. The van der Waals surface area contributed by atoms with Crippen LogP contribution in [0.1, 0.15) is 32.2 Å². The Balaban J connectivity index is 1.97. The van der Waals surface area contributed by atoms with Crippen molar-refractivity contribution in [3.05, 3.63) is 35.7 Å². The molecule has 0 fully saturated rings. The van der Waals surface area contributed by atoms with Crippen molar-refractivity contribution in [1.82, 2.24) is 10.2 Å². The van der Waals surface area contributed by atoms with Crippen LogP contribution in [-0.4, -0.2) is 21.9 Å². The first-order valence-electron chi connectivity index (χ1n) is 6.93. The molecule has 1 aromatic heterocycles. The van der Waals surface area contributed by atoms with Crippen LogP contribution in [0.2, 0.25) is 0 Å². The van der Waals surface area contributed by atoms with Gasteiger partial charge in [0.15, 0.2) is 0 Å². The van der Waals surface area contributed by atoms with Crippen LogP contribution in [0.25, 0.3) is 0 Å². The Hall–Kier alpha value is -1.82. The molecule has 0 saturated heterocycles. The molecule has 0 aliphatic heterocycles. The number of carbonyl (C=O) groups excluding carboxylic acids is 1. The zero-order valence-electron chi connectivity index (χ0n) is 12.4. The van der Waals surface area contributed by atoms with Crippen molar-refractivity contribution in [1.29, 1.82) is 0 Å². The second-order valence-corrected chi connectivity index (χ2v) is 6.24. The molecule has 1 N–H and O–H groups in total. The maximum Gasteiger partial charge on any atom is 0.322 e. The number of amides is 1. The molecule has 21 heavy (non-hydrogen) atoms. The van der Waals surface area contributed by atoms with E-state index in [4.69, 9.17) is 4.42 Å². The summed E-state index contributed by atoms with van der Waals surface area (Å²) >= 11 is 1.80. The van der Waals surface area contributed by atoms with E-state index in [2.05, 4.69) is 46.7 Å². The Morgan fingerprint density at radius 3 is 2.62 bits per heavy atom. The molecule has 5 nitrogen and oxygen atoms in total. The maximum atomic E-state index is 11.5. The van der Waals surface area contributed by atoms with Gasteiger partial charge in [-0.15, -0.1) is 16.9 Å². The number of nitrogens with one attached hydrogen (secondary N) is 1. The van der Waals surface area contributed by atoms with Crippen molar-refractivity contribution in [2.24, 2.45) is 5.92 Å². The number of hydrogen-bond acceptors (Lipinski definition) is 5. The number of rotatable bonds is 6. The molecule has 0 aliphatic carbocycles. The molecule has 6 heteroatoms. The fraction of sp³-hybridized carbons (Fsp3) is 0.400. The smallest absolute Gasteiger partial charge is 0.322 e. The predicted octanol–water partition coefficient (Wildman–Crippen LogP) is 3.37. The highest BCUT2D eigenvalue weighted by Crippen LogP contribution is 2.19. The van der Waals surface area contributed by atoms with E-state index < -0.39 is 0 Å². The Labute approximate surface area is 128 Å². The van der Waals surface area contributed by atoms with Crippen molar-refractivity contribution in [3.8, 4) is 0 Å². The standard InChI is InChI=1S/C15H19N3O2S/c1-4-21-12-7-5-11(6-8-12)9-13-17-18-15(20-13)16-14(19)10(2)3/h5-8,10H,4,9H2,1-3H3,(H,16,18,19). The minimum atomic E-state index is -0.133. The maximum absolute atomic E-state index is 11.5. The van der Waals surface area contributed by atoms with Gasteiger partial charge < -0.3 is 4.42 Å². The van der Waals surface area contributed by atoms with Crippen LogP contribution in [-0.2, 0) is 11.2 Å². The molecular weight excluding hydrogens is 286 g/mol. The summed E-state index contributed by atoms with van der Waals surface area (Å²) in [6, 6.07) is 8.42. The quantitative estimate of drug-likeness (QED) is 0.829. The zero-order chi connectivity index (χ0) is 15.2. The van der Waals surface area contributed by atoms with Gasteiger partial charge in [0.05, 0.1) is 6.42 Å². The van der Waals surface area contributed by atoms with Gasteiger partial charge in [-0.25, -0.2) is 0 Å². The van der Waals surface area contributed by atoms with Crippen LogP contribution in [0.4, 0.5) is 6.01 Å². The van der Waals surface area contributed by atoms with Gasteiger partial charge in [0.2, 0.25) is 11.8 Å². The van der Waals surface area contributed by atoms with Crippen LogP contribution in [0, 0.1) is 5.92 Å². The molecule has 2 aromatic rings. The molecule has 0 saturated carbocycles. The number of anilines is 1. The summed E-state index contributed by atoms with van der Waals surface area (Å²) in [7, 11) is 0. The van der Waals surface area contributed by atoms with E-state index in [1.165, 1.54) is 4.90 Å². The third-order valence-corrected chi connectivity index (χ3v) is 3.71. The van der Waals surface area contributed by atoms with Gasteiger partial charge in [-0.3, -0.25) is 10.1 Å². The Kier molecular flexibility index (Phi) is 5.38. The SMILES string of the molecule is CCSc1ccc(Cc2nnc(NC(=O)C(C)C)o2)cc1. The van der Waals surface area contributed by atoms with Gasteiger partial charge >= 0.3 is 6.01 Å². The lowest BCUT2D eigenvalue weighted by molar-refractivity contribution is -0.119. The van der Waals surface area contributed by atoms with Gasteiger partial charge in [0, 0.05) is 10.8 Å². The van der Waals surface area contributed by atoms with Crippen molar-refractivity contribution in [3.63, 3.8) is 0 Å². The van der Waals surface area contributed by atoms with Crippen molar-refractivity contribution in [2.45, 2.75) is 32.1 Å². The lowest BCUT2D eigenvalue weighted by Gasteiger charge is -2.02. The second-order valence-electron chi connectivity index (χ2n) is 4.90. The van der Waals surface area contributed by atoms with Crippen LogP contribution >= 0.6 is 11.8 Å². The van der Waals surface area contributed by atoms with E-state index in [1.807, 2.05) is 13.8 Å². The molecule has 112 valence electrons. The lowest BCUT2D eigenvalue weighted by atomic mass is 10.1. The van der Waals surface area contributed by atoms with E-state index in [0.29, 0.717) is 12.3 Å². The monoisotopic (exact) mass is 305 g/mol. The number of aromatic nitrogens is 2. The van der Waals surface area contributed by atoms with E-state index >= 15 is 0 Å². The summed E-state index contributed by atoms with van der Waals surface area (Å²) in [5.41, 5.74) is 1.10. The largest absolute Gasteiger partial charge is 0.407 e. The highest BCUT2D eigenvalue weighted by Gasteiger charge is 2.12. The van der Waals surface area contributed by atoms with E-state index in [9.17, 15) is 4.79 Å². The van der Waals surface area contributed by atoms with Gasteiger partial charge in [-0.1, -0.05) is 38.0 Å². The van der Waals surface area contributed by atoms with Crippen LogP contribution in [0.3, 0.4) is 0 Å². The van der Waals surface area contributed by atoms with Crippen molar-refractivity contribution >= 4 is 23.7 Å². The molecule has 1 heterocycles. The summed E-state index contributed by atoms with van der Waals surface area (Å²) in [5, 5.41) is 10.4. The van der Waals surface area contributed by atoms with Gasteiger partial charge in [-0.05, 0) is 23.4 Å². The summed E-state index contributed by atoms with van der Waals surface area (Å²) in [6.07, 6.45) is 0.557. The second kappa shape index (κ2) is 7.26. The first-order valence-corrected chi connectivity index (χ1v) is 7.92. The third kappa shape index (κ3) is 4.60. The van der Waals surface area contributed by atoms with E-state index in [0.717, 1.165) is 11.3 Å². The molecule has 0 aliphatic rings. The summed E-state index contributed by atoms with van der Waals surface area (Å²) in [5.74, 6) is 1.29. The molecular formula is C15H19N3O2S. The Morgan fingerprint density at radius 1 is 1.29 bits per heavy atom. The number of carbonyl (C=O) groups is 1. The third-order valence-electron chi connectivity index (χ3n) is 2.81. The molecule has 1 amide bonds. The van der Waals surface area contributed by atoms with Gasteiger partial charge in [0.25, 0.3) is 0 Å². The molecule has 0 atom stereocenters. The molecule has 0 bridgehead atoms. The molecule has 0 spiro atoms. The lowest BCUT2D eigenvalue weighted by Crippen LogP contribution is -2.17. The first-order chi connectivity index (χ1) is 10.1. The number of nitrogens with zero attached hydrogens (tertiary/aromatic N) is 2. The highest BCUT2D eigenvalue weighted by molar-refractivity contribution is 7.99. The average Bonchev–Trinajstić information content (AvgIpc) is 2.88. The highest BCUT2D eigenvalue weighted by atomic mass is 32.2. The fourth-order valence-corrected chi connectivity index (χ4v) is 2.33. The fourth-order valence-electron chi connectivity index (χ4n) is 1.67. The summed E-state index contributed by atoms with van der Waals surface area (Å²) < 4.78 is 5.43. The number of hydrogen-bond donors (Lipinski definition) is 1. The Morgan fingerprint density at radius 2 is 2.00 bits per heavy atom. The topological polar surface area (TPSA) is 68.0 Å². The van der Waals surface area contributed by atoms with Crippen molar-refractivity contribution < 1.29 is 9.21 Å². The Bertz CT molecular complexity index is 593. The van der Waals surface area contributed by atoms with Crippen LogP contribution in [0.15, 0.2) is 33.6 Å². The normalized spacial score (nSPS) is 10.9. The molecule has 1 aromatic carbocycles. The van der Waals surface area contributed by atoms with Gasteiger partial charge in [0.1, 0.15) is 0 Å². The summed E-state index contributed by atoms with van der Waals surface area (Å²) in [6.45, 7) is 5.74. The van der Waals surface area contributed by atoms with Crippen LogP contribution < -0.4 is 5.32 Å². The average molecular weight is 305 g/mol.